The smallest absolute Gasteiger partial charge is 0.243 e. The predicted molar refractivity (Wildman–Crippen MR) is 78.0 cm³/mol. The third-order valence-corrected chi connectivity index (χ3v) is 5.34. The molecule has 0 saturated carbocycles. The molecule has 2 N–H and O–H groups in total. The zero-order chi connectivity index (χ0) is 14.6. The Bertz CT molecular complexity index is 528. The molecule has 0 spiro atoms. The van der Waals surface area contributed by atoms with Gasteiger partial charge in [-0.25, -0.2) is 8.42 Å². The molecule has 1 aromatic carbocycles. The number of hydrogen-bond acceptors (Lipinski definition) is 4. The fourth-order valence-corrected chi connectivity index (χ4v) is 3.77. The molecule has 0 radical (unpaired) electrons. The van der Waals surface area contributed by atoms with Gasteiger partial charge in [-0.2, -0.15) is 4.31 Å². The molecule has 1 fully saturated rings. The predicted octanol–water partition coefficient (Wildman–Crippen LogP) is 0.987. The number of rotatable bonds is 5. The van der Waals surface area contributed by atoms with Crippen LogP contribution in [0.25, 0.3) is 0 Å². The first-order chi connectivity index (χ1) is 9.57. The van der Waals surface area contributed by atoms with Gasteiger partial charge >= 0.3 is 0 Å². The van der Waals surface area contributed by atoms with Crippen LogP contribution in [0.15, 0.2) is 29.2 Å². The first-order valence-corrected chi connectivity index (χ1v) is 8.42. The summed E-state index contributed by atoms with van der Waals surface area (Å²) >= 11 is 0. The van der Waals surface area contributed by atoms with Crippen molar-refractivity contribution in [3.05, 3.63) is 29.8 Å². The zero-order valence-corrected chi connectivity index (χ0v) is 12.6. The van der Waals surface area contributed by atoms with Gasteiger partial charge in [-0.3, -0.25) is 0 Å². The second-order valence-electron chi connectivity index (χ2n) is 4.99. The highest BCUT2D eigenvalue weighted by Gasteiger charge is 2.30. The lowest BCUT2D eigenvalue weighted by Crippen LogP contribution is -2.48. The lowest BCUT2D eigenvalue weighted by Gasteiger charge is -2.31. The van der Waals surface area contributed by atoms with Crippen LogP contribution in [0.3, 0.4) is 0 Å². The minimum Gasteiger partial charge on any atom is -0.374 e. The van der Waals surface area contributed by atoms with Crippen molar-refractivity contribution in [3.63, 3.8) is 0 Å². The Labute approximate surface area is 120 Å². The highest BCUT2D eigenvalue weighted by atomic mass is 32.2. The third kappa shape index (κ3) is 3.38. The van der Waals surface area contributed by atoms with Gasteiger partial charge in [0, 0.05) is 19.6 Å². The summed E-state index contributed by atoms with van der Waals surface area (Å²) in [7, 11) is -3.44. The number of sulfonamides is 1. The molecule has 1 saturated heterocycles. The summed E-state index contributed by atoms with van der Waals surface area (Å²) in [5.74, 6) is 0. The molecule has 1 aromatic rings. The molecular weight excluding hydrogens is 276 g/mol. The quantitative estimate of drug-likeness (QED) is 0.880. The molecule has 0 bridgehead atoms. The molecule has 1 aliphatic rings. The van der Waals surface area contributed by atoms with Crippen LogP contribution in [0, 0.1) is 0 Å². The number of benzene rings is 1. The average molecular weight is 298 g/mol. The maximum atomic E-state index is 12.5. The van der Waals surface area contributed by atoms with Crippen LogP contribution in [0.2, 0.25) is 0 Å². The van der Waals surface area contributed by atoms with Crippen molar-refractivity contribution >= 4 is 10.0 Å². The van der Waals surface area contributed by atoms with E-state index in [1.807, 2.05) is 12.1 Å². The average Bonchev–Trinajstić information content (AvgIpc) is 2.48. The largest absolute Gasteiger partial charge is 0.374 e. The van der Waals surface area contributed by atoms with Crippen LogP contribution in [0.1, 0.15) is 18.9 Å². The van der Waals surface area contributed by atoms with Crippen molar-refractivity contribution in [1.82, 2.24) is 4.31 Å². The number of ether oxygens (including phenoxy) is 1. The number of nitrogens with zero attached hydrogens (tertiary/aromatic N) is 1. The van der Waals surface area contributed by atoms with Gasteiger partial charge in [-0.05, 0) is 24.1 Å². The molecule has 2 rings (SSSR count). The van der Waals surface area contributed by atoms with Crippen molar-refractivity contribution < 1.29 is 13.2 Å². The molecule has 112 valence electrons. The Morgan fingerprint density at radius 3 is 2.65 bits per heavy atom. The van der Waals surface area contributed by atoms with Crippen molar-refractivity contribution in [1.29, 1.82) is 0 Å². The minimum atomic E-state index is -3.44. The summed E-state index contributed by atoms with van der Waals surface area (Å²) in [6.45, 7) is 3.55. The summed E-state index contributed by atoms with van der Waals surface area (Å²) in [5.41, 5.74) is 6.71. The van der Waals surface area contributed by atoms with Crippen molar-refractivity contribution in [3.8, 4) is 0 Å². The van der Waals surface area contributed by atoms with E-state index >= 15 is 0 Å². The second kappa shape index (κ2) is 6.67. The standard InChI is InChI=1S/C14H22N2O3S/c1-2-3-12-4-6-14(7-5-12)20(17,18)16-8-9-19-13(10-15)11-16/h4-7,13H,2-3,8-11,15H2,1H3. The summed E-state index contributed by atoms with van der Waals surface area (Å²) < 4.78 is 32.0. The van der Waals surface area contributed by atoms with Gasteiger partial charge in [0.1, 0.15) is 0 Å². The highest BCUT2D eigenvalue weighted by molar-refractivity contribution is 7.89. The van der Waals surface area contributed by atoms with E-state index in [0.717, 1.165) is 18.4 Å². The van der Waals surface area contributed by atoms with Crippen molar-refractivity contribution in [2.24, 2.45) is 5.73 Å². The Hall–Kier alpha value is -0.950. The number of nitrogens with two attached hydrogens (primary N) is 1. The molecule has 0 aliphatic carbocycles. The zero-order valence-electron chi connectivity index (χ0n) is 11.8. The Balaban J connectivity index is 2.16. The van der Waals surface area contributed by atoms with E-state index in [1.165, 1.54) is 4.31 Å². The summed E-state index contributed by atoms with van der Waals surface area (Å²) in [6.07, 6.45) is 1.80. The van der Waals surface area contributed by atoms with Gasteiger partial charge in [0.2, 0.25) is 10.0 Å². The third-order valence-electron chi connectivity index (χ3n) is 3.46. The van der Waals surface area contributed by atoms with E-state index < -0.39 is 10.0 Å². The summed E-state index contributed by atoms with van der Waals surface area (Å²) in [6, 6.07) is 7.15. The van der Waals surface area contributed by atoms with Gasteiger partial charge in [0.25, 0.3) is 0 Å². The first kappa shape index (κ1) is 15.4. The van der Waals surface area contributed by atoms with E-state index in [9.17, 15) is 8.42 Å². The molecule has 1 heterocycles. The van der Waals surface area contributed by atoms with Gasteiger partial charge in [0.15, 0.2) is 0 Å². The lowest BCUT2D eigenvalue weighted by molar-refractivity contribution is 0.00450. The van der Waals surface area contributed by atoms with E-state index in [-0.39, 0.29) is 6.10 Å². The first-order valence-electron chi connectivity index (χ1n) is 6.98. The molecule has 0 amide bonds. The Morgan fingerprint density at radius 1 is 1.35 bits per heavy atom. The van der Waals surface area contributed by atoms with Gasteiger partial charge in [-0.1, -0.05) is 25.5 Å². The lowest BCUT2D eigenvalue weighted by atomic mass is 10.1. The van der Waals surface area contributed by atoms with Crippen molar-refractivity contribution in [2.75, 3.05) is 26.2 Å². The van der Waals surface area contributed by atoms with Crippen molar-refractivity contribution in [2.45, 2.75) is 30.8 Å². The number of hydrogen-bond donors (Lipinski definition) is 1. The van der Waals surface area contributed by atoms with Gasteiger partial charge < -0.3 is 10.5 Å². The van der Waals surface area contributed by atoms with E-state index in [2.05, 4.69) is 6.92 Å². The van der Waals surface area contributed by atoms with Crippen LogP contribution >= 0.6 is 0 Å². The van der Waals surface area contributed by atoms with Crippen LogP contribution < -0.4 is 5.73 Å². The number of morpholine rings is 1. The monoisotopic (exact) mass is 298 g/mol. The summed E-state index contributed by atoms with van der Waals surface area (Å²) in [4.78, 5) is 0.343. The number of aryl methyl sites for hydroxylation is 1. The van der Waals surface area contributed by atoms with Crippen LogP contribution in [0.5, 0.6) is 0 Å². The Kier molecular flexibility index (Phi) is 5.15. The maximum absolute atomic E-state index is 12.5. The Morgan fingerprint density at radius 2 is 2.05 bits per heavy atom. The molecule has 20 heavy (non-hydrogen) atoms. The molecular formula is C14H22N2O3S. The fourth-order valence-electron chi connectivity index (χ4n) is 2.32. The van der Waals surface area contributed by atoms with Gasteiger partial charge in [0.05, 0.1) is 17.6 Å². The van der Waals surface area contributed by atoms with E-state index in [4.69, 9.17) is 10.5 Å². The molecule has 0 aromatic heterocycles. The molecule has 5 nitrogen and oxygen atoms in total. The topological polar surface area (TPSA) is 72.6 Å². The normalized spacial score (nSPS) is 21.0. The van der Waals surface area contributed by atoms with Crippen LogP contribution in [0.4, 0.5) is 0 Å². The van der Waals surface area contributed by atoms with Crippen LogP contribution in [-0.4, -0.2) is 45.1 Å². The maximum Gasteiger partial charge on any atom is 0.243 e. The minimum absolute atomic E-state index is 0.210. The molecule has 6 heteroatoms. The van der Waals surface area contributed by atoms with E-state index in [1.54, 1.807) is 12.1 Å². The molecule has 1 atom stereocenters. The SMILES string of the molecule is CCCc1ccc(S(=O)(=O)N2CCOC(CN)C2)cc1. The van der Waals surface area contributed by atoms with Gasteiger partial charge in [-0.15, -0.1) is 0 Å². The van der Waals surface area contributed by atoms with Crippen LogP contribution in [-0.2, 0) is 21.2 Å². The van der Waals surface area contributed by atoms with E-state index in [0.29, 0.717) is 31.1 Å². The summed E-state index contributed by atoms with van der Waals surface area (Å²) in [5, 5.41) is 0. The molecule has 1 aliphatic heterocycles. The second-order valence-corrected chi connectivity index (χ2v) is 6.92. The highest BCUT2D eigenvalue weighted by Crippen LogP contribution is 2.19. The molecule has 1 unspecified atom stereocenters. The fraction of sp³-hybridized carbons (Fsp3) is 0.571.